The molecule has 0 aromatic heterocycles. The summed E-state index contributed by atoms with van der Waals surface area (Å²) in [6.45, 7) is 5.85. The maximum Gasteiger partial charge on any atom is 0.00926 e. The molecular weight excluding hydrogens is 134 g/mol. The van der Waals surface area contributed by atoms with Crippen molar-refractivity contribution in [2.45, 2.75) is 52.0 Å². The summed E-state index contributed by atoms with van der Waals surface area (Å²) in [5.74, 6) is 0.923. The van der Waals surface area contributed by atoms with Crippen molar-refractivity contribution >= 4 is 0 Å². The molecule has 0 bridgehead atoms. The summed E-state index contributed by atoms with van der Waals surface area (Å²) in [6, 6.07) is 0.835. The minimum absolute atomic E-state index is 0.835. The predicted octanol–water partition coefficient (Wildman–Crippen LogP) is 2.56. The van der Waals surface area contributed by atoms with Crippen LogP contribution >= 0.6 is 0 Å². The van der Waals surface area contributed by atoms with E-state index in [0.717, 1.165) is 12.0 Å². The quantitative estimate of drug-likeness (QED) is 0.615. The van der Waals surface area contributed by atoms with Gasteiger partial charge in [0.1, 0.15) is 0 Å². The highest BCUT2D eigenvalue weighted by Gasteiger charge is 2.21. The van der Waals surface area contributed by atoms with Gasteiger partial charge in [0.05, 0.1) is 0 Å². The highest BCUT2D eigenvalue weighted by molar-refractivity contribution is 4.79. The first-order valence-corrected chi connectivity index (χ1v) is 5.08. The second-order valence-electron chi connectivity index (χ2n) is 3.82. The molecule has 0 amide bonds. The highest BCUT2D eigenvalue weighted by atomic mass is 14.9. The topological polar surface area (TPSA) is 12.0 Å². The number of hydrogen-bond donors (Lipinski definition) is 1. The van der Waals surface area contributed by atoms with Crippen LogP contribution in [0.15, 0.2) is 0 Å². The van der Waals surface area contributed by atoms with Gasteiger partial charge in [0, 0.05) is 6.04 Å². The SMILES string of the molecule is CCCCNC1CCCC1C. The van der Waals surface area contributed by atoms with Gasteiger partial charge in [-0.1, -0.05) is 26.7 Å². The Morgan fingerprint density at radius 3 is 2.73 bits per heavy atom. The van der Waals surface area contributed by atoms with Crippen molar-refractivity contribution in [3.05, 3.63) is 0 Å². The average molecular weight is 155 g/mol. The smallest absolute Gasteiger partial charge is 0.00926 e. The van der Waals surface area contributed by atoms with Crippen LogP contribution in [0.2, 0.25) is 0 Å². The van der Waals surface area contributed by atoms with Crippen molar-refractivity contribution < 1.29 is 0 Å². The van der Waals surface area contributed by atoms with Crippen molar-refractivity contribution in [3.63, 3.8) is 0 Å². The molecule has 1 nitrogen and oxygen atoms in total. The first kappa shape index (κ1) is 9.05. The van der Waals surface area contributed by atoms with E-state index in [-0.39, 0.29) is 0 Å². The fourth-order valence-corrected chi connectivity index (χ4v) is 1.91. The average Bonchev–Trinajstić information content (AvgIpc) is 2.37. The van der Waals surface area contributed by atoms with Gasteiger partial charge >= 0.3 is 0 Å². The maximum atomic E-state index is 3.63. The molecule has 0 spiro atoms. The zero-order valence-corrected chi connectivity index (χ0v) is 7.90. The third-order valence-electron chi connectivity index (χ3n) is 2.80. The van der Waals surface area contributed by atoms with Crippen molar-refractivity contribution in [1.29, 1.82) is 0 Å². The minimum Gasteiger partial charge on any atom is -0.314 e. The Hall–Kier alpha value is -0.0400. The van der Waals surface area contributed by atoms with E-state index in [1.807, 2.05) is 0 Å². The summed E-state index contributed by atoms with van der Waals surface area (Å²) < 4.78 is 0. The second kappa shape index (κ2) is 4.76. The van der Waals surface area contributed by atoms with Crippen LogP contribution in [0, 0.1) is 5.92 Å². The fourth-order valence-electron chi connectivity index (χ4n) is 1.91. The normalized spacial score (nSPS) is 31.1. The molecule has 1 rings (SSSR count). The molecule has 0 heterocycles. The number of unbranched alkanes of at least 4 members (excludes halogenated alkanes) is 1. The summed E-state index contributed by atoms with van der Waals surface area (Å²) in [5, 5.41) is 3.63. The van der Waals surface area contributed by atoms with Crippen LogP contribution in [0.4, 0.5) is 0 Å². The fraction of sp³-hybridized carbons (Fsp3) is 1.00. The first-order valence-electron chi connectivity index (χ1n) is 5.08. The molecule has 0 radical (unpaired) electrons. The summed E-state index contributed by atoms with van der Waals surface area (Å²) in [5.41, 5.74) is 0. The summed E-state index contributed by atoms with van der Waals surface area (Å²) in [7, 11) is 0. The molecule has 11 heavy (non-hydrogen) atoms. The van der Waals surface area contributed by atoms with Gasteiger partial charge in [0.15, 0.2) is 0 Å². The molecule has 1 aliphatic rings. The van der Waals surface area contributed by atoms with Gasteiger partial charge in [0.25, 0.3) is 0 Å². The van der Waals surface area contributed by atoms with Gasteiger partial charge < -0.3 is 5.32 Å². The molecule has 0 aromatic carbocycles. The summed E-state index contributed by atoms with van der Waals surface area (Å²) in [6.07, 6.45) is 6.93. The van der Waals surface area contributed by atoms with Crippen LogP contribution in [0.3, 0.4) is 0 Å². The van der Waals surface area contributed by atoms with Crippen molar-refractivity contribution in [3.8, 4) is 0 Å². The number of nitrogens with one attached hydrogen (secondary N) is 1. The Labute approximate surface area is 70.6 Å². The lowest BCUT2D eigenvalue weighted by Gasteiger charge is -2.16. The molecule has 2 unspecified atom stereocenters. The van der Waals surface area contributed by atoms with E-state index in [9.17, 15) is 0 Å². The molecule has 2 atom stereocenters. The number of hydrogen-bond acceptors (Lipinski definition) is 1. The Morgan fingerprint density at radius 2 is 2.18 bits per heavy atom. The van der Waals surface area contributed by atoms with Gasteiger partial charge in [-0.05, 0) is 31.7 Å². The van der Waals surface area contributed by atoms with Crippen LogP contribution in [0.1, 0.15) is 46.0 Å². The minimum atomic E-state index is 0.835. The Morgan fingerprint density at radius 1 is 1.36 bits per heavy atom. The lowest BCUT2D eigenvalue weighted by Crippen LogP contribution is -2.31. The van der Waals surface area contributed by atoms with Crippen LogP contribution in [0.25, 0.3) is 0 Å². The van der Waals surface area contributed by atoms with E-state index in [1.165, 1.54) is 38.6 Å². The lowest BCUT2D eigenvalue weighted by molar-refractivity contribution is 0.423. The van der Waals surface area contributed by atoms with Crippen LogP contribution in [-0.2, 0) is 0 Å². The monoisotopic (exact) mass is 155 g/mol. The van der Waals surface area contributed by atoms with E-state index in [2.05, 4.69) is 19.2 Å². The van der Waals surface area contributed by atoms with Gasteiger partial charge in [-0.15, -0.1) is 0 Å². The molecule has 1 aliphatic carbocycles. The molecule has 66 valence electrons. The number of rotatable bonds is 4. The van der Waals surface area contributed by atoms with E-state index in [4.69, 9.17) is 0 Å². The zero-order chi connectivity index (χ0) is 8.10. The van der Waals surface area contributed by atoms with Crippen LogP contribution < -0.4 is 5.32 Å². The van der Waals surface area contributed by atoms with Crippen molar-refractivity contribution in [1.82, 2.24) is 5.32 Å². The van der Waals surface area contributed by atoms with Crippen molar-refractivity contribution in [2.24, 2.45) is 5.92 Å². The van der Waals surface area contributed by atoms with Crippen LogP contribution in [0.5, 0.6) is 0 Å². The maximum absolute atomic E-state index is 3.63. The third-order valence-corrected chi connectivity index (χ3v) is 2.80. The van der Waals surface area contributed by atoms with Gasteiger partial charge in [-0.25, -0.2) is 0 Å². The lowest BCUT2D eigenvalue weighted by atomic mass is 10.1. The zero-order valence-electron chi connectivity index (χ0n) is 7.90. The Kier molecular flexibility index (Phi) is 3.92. The summed E-state index contributed by atoms with van der Waals surface area (Å²) in [4.78, 5) is 0. The van der Waals surface area contributed by atoms with Crippen LogP contribution in [-0.4, -0.2) is 12.6 Å². The van der Waals surface area contributed by atoms with E-state index in [0.29, 0.717) is 0 Å². The Balaban J connectivity index is 2.05. The molecule has 1 saturated carbocycles. The molecule has 1 heteroatoms. The molecule has 1 fully saturated rings. The van der Waals surface area contributed by atoms with Gasteiger partial charge in [-0.3, -0.25) is 0 Å². The highest BCUT2D eigenvalue weighted by Crippen LogP contribution is 2.24. The van der Waals surface area contributed by atoms with E-state index in [1.54, 1.807) is 0 Å². The standard InChI is InChI=1S/C10H21N/c1-3-4-8-11-10-7-5-6-9(10)2/h9-11H,3-8H2,1-2H3. The predicted molar refractivity (Wildman–Crippen MR) is 49.7 cm³/mol. The van der Waals surface area contributed by atoms with Gasteiger partial charge in [0.2, 0.25) is 0 Å². The first-order chi connectivity index (χ1) is 5.34. The second-order valence-corrected chi connectivity index (χ2v) is 3.82. The van der Waals surface area contributed by atoms with Crippen molar-refractivity contribution in [2.75, 3.05) is 6.54 Å². The van der Waals surface area contributed by atoms with E-state index < -0.39 is 0 Å². The van der Waals surface area contributed by atoms with E-state index >= 15 is 0 Å². The molecule has 0 saturated heterocycles. The Bertz CT molecular complexity index is 101. The molecular formula is C10H21N. The van der Waals surface area contributed by atoms with Gasteiger partial charge in [-0.2, -0.15) is 0 Å². The molecule has 0 aliphatic heterocycles. The summed E-state index contributed by atoms with van der Waals surface area (Å²) >= 11 is 0. The largest absolute Gasteiger partial charge is 0.314 e. The molecule has 0 aromatic rings. The molecule has 1 N–H and O–H groups in total. The third kappa shape index (κ3) is 2.82.